The van der Waals surface area contributed by atoms with Crippen LogP contribution in [-0.2, 0) is 22.9 Å². The van der Waals surface area contributed by atoms with Gasteiger partial charge in [0.15, 0.2) is 0 Å². The van der Waals surface area contributed by atoms with Gasteiger partial charge in [-0.05, 0) is 41.5 Å². The minimum atomic E-state index is -3.49. The number of thiophene rings is 1. The molecule has 1 N–H and O–H groups in total. The third-order valence-corrected chi connectivity index (χ3v) is 7.92. The maximum atomic E-state index is 12.9. The molecule has 0 aliphatic rings. The molecule has 30 heavy (non-hydrogen) atoms. The molecular formula is C23H21N2O2S3. The van der Waals surface area contributed by atoms with Gasteiger partial charge < -0.3 is 0 Å². The van der Waals surface area contributed by atoms with E-state index in [1.165, 1.54) is 11.3 Å². The molecule has 0 saturated carbocycles. The number of nitrogens with one attached hydrogen (secondary N) is 1. The van der Waals surface area contributed by atoms with E-state index in [0.717, 1.165) is 26.7 Å². The second-order valence-electron chi connectivity index (χ2n) is 6.87. The van der Waals surface area contributed by atoms with Crippen LogP contribution in [0.2, 0.25) is 0 Å². The fraction of sp³-hybridized carbons (Fsp3) is 0.174. The molecule has 0 fully saturated rings. The maximum absolute atomic E-state index is 12.9. The van der Waals surface area contributed by atoms with Crippen LogP contribution in [-0.4, -0.2) is 19.2 Å². The average molecular weight is 454 g/mol. The monoisotopic (exact) mass is 453 g/mol. The van der Waals surface area contributed by atoms with Crippen molar-refractivity contribution in [1.82, 2.24) is 9.71 Å². The van der Waals surface area contributed by atoms with Crippen molar-refractivity contribution in [3.8, 4) is 9.88 Å². The van der Waals surface area contributed by atoms with Crippen LogP contribution in [0.15, 0.2) is 77.5 Å². The second kappa shape index (κ2) is 9.66. The molecule has 4 rings (SSSR count). The van der Waals surface area contributed by atoms with Crippen molar-refractivity contribution in [3.63, 3.8) is 0 Å². The highest BCUT2D eigenvalue weighted by Gasteiger charge is 2.23. The Morgan fingerprint density at radius 1 is 1.00 bits per heavy atom. The lowest BCUT2D eigenvalue weighted by atomic mass is 10.1. The van der Waals surface area contributed by atoms with Crippen molar-refractivity contribution in [3.05, 3.63) is 100 Å². The molecule has 4 nitrogen and oxygen atoms in total. The van der Waals surface area contributed by atoms with E-state index in [2.05, 4.69) is 10.8 Å². The summed E-state index contributed by atoms with van der Waals surface area (Å²) in [6.45, 7) is 0. The maximum Gasteiger partial charge on any atom is 0.212 e. The average Bonchev–Trinajstić information content (AvgIpc) is 3.45. The highest BCUT2D eigenvalue weighted by atomic mass is 32.2. The summed E-state index contributed by atoms with van der Waals surface area (Å²) < 4.78 is 28.6. The molecule has 2 heterocycles. The second-order valence-corrected chi connectivity index (χ2v) is 10.6. The number of hydrogen-bond donors (Lipinski definition) is 1. The number of nitrogens with zero attached hydrogens (tertiary/aromatic N) is 1. The Labute approximate surface area is 185 Å². The van der Waals surface area contributed by atoms with Crippen molar-refractivity contribution in [2.45, 2.75) is 18.9 Å². The van der Waals surface area contributed by atoms with Gasteiger partial charge in [0.05, 0.1) is 22.4 Å². The molecule has 1 radical (unpaired) electrons. The molecule has 1 unspecified atom stereocenters. The Hall–Kier alpha value is -2.32. The summed E-state index contributed by atoms with van der Waals surface area (Å²) in [5.74, 6) is 0.0357. The number of aromatic nitrogens is 1. The Bertz CT molecular complexity index is 1160. The van der Waals surface area contributed by atoms with Crippen LogP contribution in [0.1, 0.15) is 22.9 Å². The highest BCUT2D eigenvalue weighted by Crippen LogP contribution is 2.30. The number of benzene rings is 2. The first-order valence-electron chi connectivity index (χ1n) is 9.58. The SMILES string of the molecule is O=S(=O)(CCc1ccccc1)NC(Cc1[c]cccc1)c1csc(-c2cccs2)n1. The van der Waals surface area contributed by atoms with E-state index in [4.69, 9.17) is 4.98 Å². The Balaban J connectivity index is 1.54. The van der Waals surface area contributed by atoms with Crippen LogP contribution in [0, 0.1) is 6.07 Å². The smallest absolute Gasteiger partial charge is 0.212 e. The molecular weight excluding hydrogens is 432 g/mol. The van der Waals surface area contributed by atoms with Crippen LogP contribution in [0.5, 0.6) is 0 Å². The molecule has 0 amide bonds. The number of hydrogen-bond acceptors (Lipinski definition) is 5. The summed E-state index contributed by atoms with van der Waals surface area (Å²) in [4.78, 5) is 5.83. The summed E-state index contributed by atoms with van der Waals surface area (Å²) in [6, 6.07) is 24.1. The van der Waals surface area contributed by atoms with Crippen molar-refractivity contribution in [1.29, 1.82) is 0 Å². The molecule has 0 bridgehead atoms. The summed E-state index contributed by atoms with van der Waals surface area (Å²) in [5, 5.41) is 4.87. The molecule has 1 atom stereocenters. The van der Waals surface area contributed by atoms with E-state index in [1.54, 1.807) is 11.3 Å². The topological polar surface area (TPSA) is 59.1 Å². The normalized spacial score (nSPS) is 12.7. The minimum absolute atomic E-state index is 0.0357. The minimum Gasteiger partial charge on any atom is -0.239 e. The molecule has 0 saturated heterocycles. The van der Waals surface area contributed by atoms with Crippen LogP contribution >= 0.6 is 22.7 Å². The third kappa shape index (κ3) is 5.64. The van der Waals surface area contributed by atoms with Crippen LogP contribution in [0.25, 0.3) is 9.88 Å². The number of thiazole rings is 1. The first-order valence-corrected chi connectivity index (χ1v) is 13.0. The fourth-order valence-corrected chi connectivity index (χ4v) is 6.06. The number of aryl methyl sites for hydroxylation is 1. The third-order valence-electron chi connectivity index (χ3n) is 4.63. The lowest BCUT2D eigenvalue weighted by molar-refractivity contribution is 0.550. The van der Waals surface area contributed by atoms with Crippen molar-refractivity contribution >= 4 is 32.7 Å². The summed E-state index contributed by atoms with van der Waals surface area (Å²) >= 11 is 3.16. The van der Waals surface area contributed by atoms with Gasteiger partial charge in [-0.25, -0.2) is 18.1 Å². The van der Waals surface area contributed by atoms with Gasteiger partial charge in [0.2, 0.25) is 10.0 Å². The largest absolute Gasteiger partial charge is 0.239 e. The first kappa shape index (κ1) is 20.9. The fourth-order valence-electron chi connectivity index (χ4n) is 3.12. The van der Waals surface area contributed by atoms with E-state index in [1.807, 2.05) is 77.5 Å². The van der Waals surface area contributed by atoms with Crippen LogP contribution in [0.3, 0.4) is 0 Å². The Morgan fingerprint density at radius 2 is 1.83 bits per heavy atom. The standard InChI is InChI=1S/C23H21N2O2S3/c26-30(27,15-13-18-8-3-1-4-9-18)25-20(16-19-10-5-2-6-11-19)21-17-29-23(24-21)22-12-7-14-28-22/h1-10,12,14,17,20,25H,13,15-16H2. The van der Waals surface area contributed by atoms with Gasteiger partial charge in [-0.2, -0.15) is 0 Å². The molecule has 0 spiro atoms. The predicted molar refractivity (Wildman–Crippen MR) is 124 cm³/mol. The first-order chi connectivity index (χ1) is 14.6. The lowest BCUT2D eigenvalue weighted by Gasteiger charge is -2.17. The van der Waals surface area contributed by atoms with Crippen LogP contribution < -0.4 is 4.72 Å². The van der Waals surface area contributed by atoms with E-state index in [9.17, 15) is 8.42 Å². The van der Waals surface area contributed by atoms with Gasteiger partial charge in [0.1, 0.15) is 5.01 Å². The van der Waals surface area contributed by atoms with E-state index >= 15 is 0 Å². The van der Waals surface area contributed by atoms with Crippen molar-refractivity contribution in [2.75, 3.05) is 5.75 Å². The number of sulfonamides is 1. The molecule has 2 aromatic carbocycles. The van der Waals surface area contributed by atoms with Gasteiger partial charge in [0, 0.05) is 5.38 Å². The van der Waals surface area contributed by atoms with Gasteiger partial charge in [-0.15, -0.1) is 22.7 Å². The van der Waals surface area contributed by atoms with Gasteiger partial charge >= 0.3 is 0 Å². The summed E-state index contributed by atoms with van der Waals surface area (Å²) in [5.41, 5.74) is 2.69. The van der Waals surface area contributed by atoms with E-state index in [-0.39, 0.29) is 5.75 Å². The van der Waals surface area contributed by atoms with E-state index in [0.29, 0.717) is 12.8 Å². The zero-order valence-corrected chi connectivity index (χ0v) is 18.6. The Morgan fingerprint density at radius 3 is 2.57 bits per heavy atom. The van der Waals surface area contributed by atoms with Gasteiger partial charge in [-0.1, -0.05) is 60.7 Å². The van der Waals surface area contributed by atoms with Crippen LogP contribution in [0.4, 0.5) is 0 Å². The molecule has 7 heteroatoms. The highest BCUT2D eigenvalue weighted by molar-refractivity contribution is 7.89. The molecule has 2 aromatic heterocycles. The Kier molecular flexibility index (Phi) is 6.74. The molecule has 0 aliphatic heterocycles. The number of rotatable bonds is 9. The van der Waals surface area contributed by atoms with E-state index < -0.39 is 16.1 Å². The summed E-state index contributed by atoms with van der Waals surface area (Å²) in [6.07, 6.45) is 0.969. The molecule has 153 valence electrons. The summed E-state index contributed by atoms with van der Waals surface area (Å²) in [7, 11) is -3.49. The molecule has 0 aliphatic carbocycles. The predicted octanol–water partition coefficient (Wildman–Crippen LogP) is 5.12. The quantitative estimate of drug-likeness (QED) is 0.383. The zero-order valence-electron chi connectivity index (χ0n) is 16.2. The lowest BCUT2D eigenvalue weighted by Crippen LogP contribution is -2.32. The van der Waals surface area contributed by atoms with Gasteiger partial charge in [0.25, 0.3) is 0 Å². The van der Waals surface area contributed by atoms with Crippen molar-refractivity contribution < 1.29 is 8.42 Å². The van der Waals surface area contributed by atoms with Crippen molar-refractivity contribution in [2.24, 2.45) is 0 Å². The van der Waals surface area contributed by atoms with Gasteiger partial charge in [-0.3, -0.25) is 0 Å². The molecule has 4 aromatic rings. The zero-order chi connectivity index (χ0) is 20.8.